The Morgan fingerprint density at radius 1 is 0.941 bits per heavy atom. The fraction of sp³-hybridized carbons (Fsp3) is 0.240. The molecule has 3 heterocycles. The minimum absolute atomic E-state index is 0.0629. The molecule has 2 aromatic heterocycles. The Balaban J connectivity index is 1.55. The van der Waals surface area contributed by atoms with Gasteiger partial charge in [-0.05, 0) is 42.7 Å². The molecule has 2 aromatic carbocycles. The van der Waals surface area contributed by atoms with E-state index in [0.717, 1.165) is 28.9 Å². The molecule has 1 fully saturated rings. The fourth-order valence-electron chi connectivity index (χ4n) is 4.56. The largest absolute Gasteiger partial charge is 0.250 e. The van der Waals surface area contributed by atoms with Crippen molar-refractivity contribution in [3.8, 4) is 17.2 Å². The highest BCUT2D eigenvalue weighted by Gasteiger charge is 2.37. The maximum absolute atomic E-state index is 12.8. The number of benzene rings is 2. The topological polar surface area (TPSA) is 81.0 Å². The third kappa shape index (κ3) is 4.61. The summed E-state index contributed by atoms with van der Waals surface area (Å²) in [5, 5.41) is 5.45. The Labute approximate surface area is 204 Å². The number of halogens is 1. The first kappa shape index (κ1) is 22.7. The lowest BCUT2D eigenvalue weighted by Crippen LogP contribution is -2.41. The van der Waals surface area contributed by atoms with Gasteiger partial charge in [0.15, 0.2) is 0 Å². The van der Waals surface area contributed by atoms with E-state index in [1.54, 1.807) is 27.4 Å². The van der Waals surface area contributed by atoms with Crippen LogP contribution >= 0.6 is 11.6 Å². The molecule has 2 atom stereocenters. The number of hydrogen-bond donors (Lipinski definition) is 0. The van der Waals surface area contributed by atoms with Gasteiger partial charge in [0.05, 0.1) is 17.6 Å². The Morgan fingerprint density at radius 3 is 2.32 bits per heavy atom. The molecule has 9 heteroatoms. The molecule has 0 bridgehead atoms. The van der Waals surface area contributed by atoms with E-state index in [1.807, 2.05) is 60.7 Å². The summed E-state index contributed by atoms with van der Waals surface area (Å²) in [5.74, 6) is 0.390. The van der Waals surface area contributed by atoms with E-state index in [9.17, 15) is 8.42 Å². The molecule has 0 aliphatic carbocycles. The molecule has 1 saturated heterocycles. The lowest BCUT2D eigenvalue weighted by atomic mass is 9.88. The molecule has 0 N–H and O–H groups in total. The van der Waals surface area contributed by atoms with Crippen LogP contribution in [0.15, 0.2) is 79.1 Å². The van der Waals surface area contributed by atoms with Gasteiger partial charge in [-0.1, -0.05) is 54.1 Å². The highest BCUT2D eigenvalue weighted by molar-refractivity contribution is 7.88. The smallest absolute Gasteiger partial charge is 0.220 e. The van der Waals surface area contributed by atoms with Crippen LogP contribution in [0.1, 0.15) is 36.1 Å². The number of rotatable bonds is 5. The Morgan fingerprint density at radius 2 is 1.65 bits per heavy atom. The van der Waals surface area contributed by atoms with E-state index < -0.39 is 10.0 Å². The van der Waals surface area contributed by atoms with Crippen molar-refractivity contribution in [3.05, 3.63) is 95.4 Å². The first-order valence-corrected chi connectivity index (χ1v) is 13.3. The quantitative estimate of drug-likeness (QED) is 0.396. The van der Waals surface area contributed by atoms with Crippen LogP contribution in [0, 0.1) is 0 Å². The van der Waals surface area contributed by atoms with Crippen LogP contribution < -0.4 is 0 Å². The summed E-state index contributed by atoms with van der Waals surface area (Å²) in [6.45, 7) is 0.358. The van der Waals surface area contributed by atoms with Gasteiger partial charge in [0.2, 0.25) is 10.0 Å². The Hall–Kier alpha value is -3.07. The molecule has 0 spiro atoms. The summed E-state index contributed by atoms with van der Waals surface area (Å²) in [4.78, 5) is 8.78. The van der Waals surface area contributed by atoms with Gasteiger partial charge in [-0.15, -0.1) is 0 Å². The molecule has 0 radical (unpaired) electrons. The molecule has 5 rings (SSSR count). The Kier molecular flexibility index (Phi) is 6.20. The van der Waals surface area contributed by atoms with Gasteiger partial charge >= 0.3 is 0 Å². The van der Waals surface area contributed by atoms with Crippen molar-refractivity contribution >= 4 is 21.6 Å². The highest BCUT2D eigenvalue weighted by atomic mass is 35.5. The summed E-state index contributed by atoms with van der Waals surface area (Å²) in [7, 11) is -3.43. The van der Waals surface area contributed by atoms with Crippen molar-refractivity contribution in [1.29, 1.82) is 0 Å². The zero-order valence-corrected chi connectivity index (χ0v) is 20.2. The van der Waals surface area contributed by atoms with Gasteiger partial charge in [0, 0.05) is 41.5 Å². The standard InChI is InChI=1S/C25H24ClN5O2S/c1-34(32,33)30-17-20(10-13-23(30)19-6-3-2-4-7-19)24-16-22(18-8-11-21(26)12-9-18)29-31(24)25-27-14-5-15-28-25/h2-9,11-12,14-16,20,23H,10,13,17H2,1H3. The van der Waals surface area contributed by atoms with E-state index in [0.29, 0.717) is 23.9 Å². The molecular weight excluding hydrogens is 470 g/mol. The van der Waals surface area contributed by atoms with Crippen molar-refractivity contribution in [2.24, 2.45) is 0 Å². The van der Waals surface area contributed by atoms with Crippen molar-refractivity contribution in [1.82, 2.24) is 24.1 Å². The minimum Gasteiger partial charge on any atom is -0.220 e. The predicted molar refractivity (Wildman–Crippen MR) is 132 cm³/mol. The molecule has 34 heavy (non-hydrogen) atoms. The summed E-state index contributed by atoms with van der Waals surface area (Å²) < 4.78 is 29.0. The van der Waals surface area contributed by atoms with E-state index in [-0.39, 0.29) is 12.0 Å². The average molecular weight is 494 g/mol. The van der Waals surface area contributed by atoms with Gasteiger partial charge in [0.1, 0.15) is 0 Å². The fourth-order valence-corrected chi connectivity index (χ4v) is 5.83. The molecule has 1 aliphatic rings. The molecule has 1 aliphatic heterocycles. The van der Waals surface area contributed by atoms with Gasteiger partial charge in [-0.25, -0.2) is 23.1 Å². The molecule has 174 valence electrons. The number of sulfonamides is 1. The van der Waals surface area contributed by atoms with Crippen LogP contribution in [0.4, 0.5) is 0 Å². The molecular formula is C25H24ClN5O2S. The lowest BCUT2D eigenvalue weighted by Gasteiger charge is -2.38. The van der Waals surface area contributed by atoms with Crippen molar-refractivity contribution in [2.45, 2.75) is 24.8 Å². The van der Waals surface area contributed by atoms with Gasteiger partial charge in [0.25, 0.3) is 5.95 Å². The van der Waals surface area contributed by atoms with Crippen LogP contribution in [0.25, 0.3) is 17.2 Å². The van der Waals surface area contributed by atoms with E-state index >= 15 is 0 Å². The first-order chi connectivity index (χ1) is 16.4. The maximum Gasteiger partial charge on any atom is 0.250 e. The molecule has 2 unspecified atom stereocenters. The third-order valence-corrected chi connectivity index (χ3v) is 7.69. The minimum atomic E-state index is -3.43. The second kappa shape index (κ2) is 9.29. The second-order valence-corrected chi connectivity index (χ2v) is 10.8. The van der Waals surface area contributed by atoms with Gasteiger partial charge in [-0.2, -0.15) is 9.40 Å². The van der Waals surface area contributed by atoms with E-state index in [2.05, 4.69) is 9.97 Å². The van der Waals surface area contributed by atoms with Crippen LogP contribution in [-0.2, 0) is 10.0 Å². The summed E-state index contributed by atoms with van der Waals surface area (Å²) in [6, 6.07) is 20.9. The van der Waals surface area contributed by atoms with Crippen LogP contribution in [0.3, 0.4) is 0 Å². The van der Waals surface area contributed by atoms with Crippen LogP contribution in [0.2, 0.25) is 5.02 Å². The molecule has 0 amide bonds. The number of aromatic nitrogens is 4. The van der Waals surface area contributed by atoms with Crippen molar-refractivity contribution in [2.75, 3.05) is 12.8 Å². The van der Waals surface area contributed by atoms with E-state index in [1.165, 1.54) is 6.26 Å². The normalized spacial score (nSPS) is 19.2. The van der Waals surface area contributed by atoms with Crippen molar-refractivity contribution in [3.63, 3.8) is 0 Å². The van der Waals surface area contributed by atoms with Crippen LogP contribution in [0.5, 0.6) is 0 Å². The van der Waals surface area contributed by atoms with E-state index in [4.69, 9.17) is 16.7 Å². The zero-order valence-electron chi connectivity index (χ0n) is 18.6. The SMILES string of the molecule is CS(=O)(=O)N1CC(c2cc(-c3ccc(Cl)cc3)nn2-c2ncccn2)CCC1c1ccccc1. The molecule has 4 aromatic rings. The average Bonchev–Trinajstić information content (AvgIpc) is 3.30. The first-order valence-electron chi connectivity index (χ1n) is 11.1. The molecule has 0 saturated carbocycles. The summed E-state index contributed by atoms with van der Waals surface area (Å²) in [5.41, 5.74) is 3.57. The molecule has 7 nitrogen and oxygen atoms in total. The lowest BCUT2D eigenvalue weighted by molar-refractivity contribution is 0.231. The monoisotopic (exact) mass is 493 g/mol. The van der Waals surface area contributed by atoms with Gasteiger partial charge < -0.3 is 0 Å². The van der Waals surface area contributed by atoms with Gasteiger partial charge in [-0.3, -0.25) is 0 Å². The van der Waals surface area contributed by atoms with Crippen molar-refractivity contribution < 1.29 is 8.42 Å². The Bertz CT molecular complexity index is 1380. The number of hydrogen-bond acceptors (Lipinski definition) is 5. The third-order valence-electron chi connectivity index (χ3n) is 6.18. The zero-order chi connectivity index (χ0) is 23.7. The highest BCUT2D eigenvalue weighted by Crippen LogP contribution is 2.40. The summed E-state index contributed by atoms with van der Waals surface area (Å²) in [6.07, 6.45) is 6.14. The van der Waals surface area contributed by atoms with Crippen LogP contribution in [-0.4, -0.2) is 45.3 Å². The number of nitrogens with zero attached hydrogens (tertiary/aromatic N) is 5. The second-order valence-electron chi connectivity index (χ2n) is 8.46. The summed E-state index contributed by atoms with van der Waals surface area (Å²) >= 11 is 6.07. The predicted octanol–water partition coefficient (Wildman–Crippen LogP) is 4.86. The maximum atomic E-state index is 12.8. The number of piperidine rings is 1.